The normalized spacial score (nSPS) is 18.6. The zero-order valence-corrected chi connectivity index (χ0v) is 21.4. The van der Waals surface area contributed by atoms with Gasteiger partial charge in [-0.1, -0.05) is 20.8 Å². The first-order chi connectivity index (χ1) is 17.4. The first-order valence-corrected chi connectivity index (χ1v) is 12.7. The van der Waals surface area contributed by atoms with E-state index in [1.807, 2.05) is 6.08 Å². The molecule has 2 aromatic rings. The first-order valence-electron chi connectivity index (χ1n) is 12.7. The number of halogens is 2. The minimum atomic E-state index is -0.795. The molecule has 36 heavy (non-hydrogen) atoms. The molecular weight excluding hydrogens is 462 g/mol. The van der Waals surface area contributed by atoms with Crippen LogP contribution >= 0.6 is 0 Å². The van der Waals surface area contributed by atoms with Gasteiger partial charge < -0.3 is 19.3 Å². The van der Waals surface area contributed by atoms with Crippen molar-refractivity contribution in [3.05, 3.63) is 77.1 Å². The van der Waals surface area contributed by atoms with E-state index in [4.69, 9.17) is 14.5 Å². The van der Waals surface area contributed by atoms with Gasteiger partial charge in [-0.2, -0.15) is 4.99 Å². The second kappa shape index (κ2) is 11.5. The molecule has 3 heterocycles. The number of ether oxygens (including phenoxy) is 2. The van der Waals surface area contributed by atoms with Crippen molar-refractivity contribution < 1.29 is 18.3 Å². The van der Waals surface area contributed by atoms with Gasteiger partial charge in [0.25, 0.3) is 0 Å². The van der Waals surface area contributed by atoms with E-state index < -0.39 is 17.4 Å². The highest BCUT2D eigenvalue weighted by atomic mass is 19.1. The molecule has 0 amide bonds. The van der Waals surface area contributed by atoms with Crippen LogP contribution in [0.2, 0.25) is 0 Å². The van der Waals surface area contributed by atoms with Crippen molar-refractivity contribution in [2.75, 3.05) is 13.1 Å². The molecule has 1 atom stereocenters. The van der Waals surface area contributed by atoms with Crippen molar-refractivity contribution in [3.63, 3.8) is 0 Å². The summed E-state index contributed by atoms with van der Waals surface area (Å²) in [6.07, 6.45) is 9.58. The summed E-state index contributed by atoms with van der Waals surface area (Å²) in [4.78, 5) is 13.4. The van der Waals surface area contributed by atoms with Crippen LogP contribution in [0.4, 0.5) is 8.78 Å². The summed E-state index contributed by atoms with van der Waals surface area (Å²) in [5, 5.41) is 0. The summed E-state index contributed by atoms with van der Waals surface area (Å²) in [5.74, 6) is 0.652. The maximum Gasteiger partial charge on any atom is 0.219 e. The maximum absolute atomic E-state index is 14.8. The molecule has 1 aromatic carbocycles. The highest BCUT2D eigenvalue weighted by molar-refractivity contribution is 5.90. The van der Waals surface area contributed by atoms with E-state index in [1.54, 1.807) is 19.1 Å². The van der Waals surface area contributed by atoms with Crippen molar-refractivity contribution in [1.29, 1.82) is 0 Å². The summed E-state index contributed by atoms with van der Waals surface area (Å²) in [6.45, 7) is 10.1. The third-order valence-electron chi connectivity index (χ3n) is 6.31. The fraction of sp³-hybridized carbons (Fsp3) is 0.429. The first kappa shape index (κ1) is 25.7. The molecular formula is C28H34F2N4O2. The predicted molar refractivity (Wildman–Crippen MR) is 136 cm³/mol. The smallest absolute Gasteiger partial charge is 0.219 e. The van der Waals surface area contributed by atoms with Crippen LogP contribution in [-0.4, -0.2) is 39.8 Å². The fourth-order valence-electron chi connectivity index (χ4n) is 4.63. The number of nitrogens with zero attached hydrogens (tertiary/aromatic N) is 4. The number of pyridine rings is 1. The Labute approximate surface area is 211 Å². The van der Waals surface area contributed by atoms with Gasteiger partial charge in [0.05, 0.1) is 0 Å². The third-order valence-corrected chi connectivity index (χ3v) is 6.31. The third kappa shape index (κ3) is 5.69. The summed E-state index contributed by atoms with van der Waals surface area (Å²) >= 11 is 0. The zero-order valence-electron chi connectivity index (χ0n) is 21.4. The standard InChI is InChI=1S/C28H34F2N4O2/c1-5-8-25-32-26(17-27-33(12-6-2)21(7-3)10-13-34(25)27)35-18-20-15-23(29)28(24(30)16-20)36-22-9-11-31-19(4)14-22/h8-9,11,14-17,21H,5-7,10,12-13,18H2,1-4H3/b25-8-. The minimum absolute atomic E-state index is 0.0184. The topological polar surface area (TPSA) is 50.2 Å². The molecule has 0 radical (unpaired) electrons. The average Bonchev–Trinajstić information content (AvgIpc) is 2.85. The van der Waals surface area contributed by atoms with Gasteiger partial charge in [-0.15, -0.1) is 0 Å². The van der Waals surface area contributed by atoms with Crippen molar-refractivity contribution in [1.82, 2.24) is 14.8 Å². The number of benzene rings is 1. The van der Waals surface area contributed by atoms with Crippen LogP contribution in [0.25, 0.3) is 0 Å². The molecule has 1 aromatic heterocycles. The fourth-order valence-corrected chi connectivity index (χ4v) is 4.63. The van der Waals surface area contributed by atoms with E-state index in [-0.39, 0.29) is 6.61 Å². The van der Waals surface area contributed by atoms with E-state index in [0.29, 0.717) is 28.9 Å². The van der Waals surface area contributed by atoms with Gasteiger partial charge in [0.1, 0.15) is 24.0 Å². The molecule has 0 saturated carbocycles. The molecule has 192 valence electrons. The van der Waals surface area contributed by atoms with Crippen LogP contribution in [0, 0.1) is 18.6 Å². The second-order valence-electron chi connectivity index (χ2n) is 9.03. The van der Waals surface area contributed by atoms with Gasteiger partial charge >= 0.3 is 0 Å². The lowest BCUT2D eigenvalue weighted by atomic mass is 10.0. The SMILES string of the molecule is CC/C=C1/N=C(OCc2cc(F)c(Oc3ccnc(C)c3)c(F)c2)C=C2N1CCC(CC)N2CCC. The molecule has 0 bridgehead atoms. The lowest BCUT2D eigenvalue weighted by molar-refractivity contribution is 0.117. The Bertz CT molecular complexity index is 1150. The molecule has 4 rings (SSSR count). The Kier molecular flexibility index (Phi) is 8.23. The molecule has 0 spiro atoms. The number of aryl methyl sites for hydroxylation is 1. The Hall–Kier alpha value is -3.42. The van der Waals surface area contributed by atoms with Crippen molar-refractivity contribution in [2.45, 2.75) is 66.0 Å². The Morgan fingerprint density at radius 2 is 1.92 bits per heavy atom. The summed E-state index contributed by atoms with van der Waals surface area (Å²) in [6, 6.07) is 6.10. The minimum Gasteiger partial charge on any atom is -0.473 e. The predicted octanol–water partition coefficient (Wildman–Crippen LogP) is 6.68. The molecule has 0 aliphatic carbocycles. The number of aromatic nitrogens is 1. The lowest BCUT2D eigenvalue weighted by Crippen LogP contribution is -2.49. The second-order valence-corrected chi connectivity index (χ2v) is 9.03. The quantitative estimate of drug-likeness (QED) is 0.408. The molecule has 1 fully saturated rings. The van der Waals surface area contributed by atoms with Crippen LogP contribution in [0.1, 0.15) is 57.7 Å². The van der Waals surface area contributed by atoms with Gasteiger partial charge in [-0.05, 0) is 62.4 Å². The molecule has 8 heteroatoms. The van der Waals surface area contributed by atoms with E-state index in [0.717, 1.165) is 50.4 Å². The molecule has 2 aliphatic heterocycles. The number of rotatable bonds is 8. The number of allylic oxidation sites excluding steroid dienone is 1. The number of fused-ring (bicyclic) bond motifs is 1. The largest absolute Gasteiger partial charge is 0.473 e. The molecule has 6 nitrogen and oxygen atoms in total. The number of hydrogen-bond acceptors (Lipinski definition) is 6. The van der Waals surface area contributed by atoms with E-state index in [9.17, 15) is 8.78 Å². The summed E-state index contributed by atoms with van der Waals surface area (Å²) < 4.78 is 40.9. The van der Waals surface area contributed by atoms with Crippen molar-refractivity contribution in [3.8, 4) is 11.5 Å². The van der Waals surface area contributed by atoms with E-state index >= 15 is 0 Å². The van der Waals surface area contributed by atoms with Crippen LogP contribution in [0.15, 0.2) is 59.2 Å². The van der Waals surface area contributed by atoms with Crippen LogP contribution < -0.4 is 4.74 Å². The van der Waals surface area contributed by atoms with Gasteiger partial charge in [0.2, 0.25) is 5.90 Å². The Morgan fingerprint density at radius 3 is 2.58 bits per heavy atom. The van der Waals surface area contributed by atoms with Gasteiger partial charge in [0.15, 0.2) is 17.4 Å². The average molecular weight is 497 g/mol. The van der Waals surface area contributed by atoms with Crippen LogP contribution in [-0.2, 0) is 11.3 Å². The zero-order chi connectivity index (χ0) is 25.7. The number of hydrogen-bond donors (Lipinski definition) is 0. The Morgan fingerprint density at radius 1 is 1.14 bits per heavy atom. The van der Waals surface area contributed by atoms with Crippen molar-refractivity contribution >= 4 is 5.90 Å². The highest BCUT2D eigenvalue weighted by Crippen LogP contribution is 2.33. The monoisotopic (exact) mass is 496 g/mol. The molecule has 1 saturated heterocycles. The van der Waals surface area contributed by atoms with E-state index in [1.165, 1.54) is 18.3 Å². The maximum atomic E-state index is 14.8. The number of aliphatic imine (C=N–C) groups is 1. The van der Waals surface area contributed by atoms with Crippen molar-refractivity contribution in [2.24, 2.45) is 4.99 Å². The van der Waals surface area contributed by atoms with E-state index in [2.05, 4.69) is 41.6 Å². The summed E-state index contributed by atoms with van der Waals surface area (Å²) in [7, 11) is 0. The van der Waals surface area contributed by atoms with Gasteiger partial charge in [-0.25, -0.2) is 8.78 Å². The molecule has 2 aliphatic rings. The molecule has 0 N–H and O–H groups in total. The van der Waals surface area contributed by atoms with Gasteiger partial charge in [0, 0.05) is 43.2 Å². The van der Waals surface area contributed by atoms with Crippen LogP contribution in [0.5, 0.6) is 11.5 Å². The summed E-state index contributed by atoms with van der Waals surface area (Å²) in [5.41, 5.74) is 1.05. The highest BCUT2D eigenvalue weighted by Gasteiger charge is 2.33. The van der Waals surface area contributed by atoms with Gasteiger partial charge in [-0.3, -0.25) is 4.98 Å². The lowest BCUT2D eigenvalue weighted by Gasteiger charge is -2.46. The molecule has 1 unspecified atom stereocenters. The van der Waals surface area contributed by atoms with Crippen LogP contribution in [0.3, 0.4) is 0 Å². The Balaban J connectivity index is 1.53.